The van der Waals surface area contributed by atoms with Crippen molar-refractivity contribution in [3.05, 3.63) is 24.3 Å². The van der Waals surface area contributed by atoms with Crippen LogP contribution in [0, 0.1) is 0 Å². The zero-order chi connectivity index (χ0) is 16.8. The second-order valence-electron chi connectivity index (χ2n) is 5.31. The summed E-state index contributed by atoms with van der Waals surface area (Å²) in [5, 5.41) is 2.68. The van der Waals surface area contributed by atoms with Gasteiger partial charge >= 0.3 is 0 Å². The lowest BCUT2D eigenvalue weighted by Gasteiger charge is -2.34. The first kappa shape index (κ1) is 16.8. The van der Waals surface area contributed by atoms with Crippen LogP contribution in [-0.4, -0.2) is 60.8 Å². The van der Waals surface area contributed by atoms with Crippen molar-refractivity contribution in [2.24, 2.45) is 0 Å². The number of amides is 3. The van der Waals surface area contributed by atoms with Gasteiger partial charge in [-0.25, -0.2) is 0 Å². The van der Waals surface area contributed by atoms with Crippen molar-refractivity contribution in [2.45, 2.75) is 13.3 Å². The zero-order valence-corrected chi connectivity index (χ0v) is 13.4. The minimum Gasteiger partial charge on any atom is -0.495 e. The number of carbonyl (C=O) groups is 3. The van der Waals surface area contributed by atoms with Crippen LogP contribution in [0.25, 0.3) is 0 Å². The molecule has 7 nitrogen and oxygen atoms in total. The fourth-order valence-electron chi connectivity index (χ4n) is 2.46. The Morgan fingerprint density at radius 1 is 1.09 bits per heavy atom. The average molecular weight is 319 g/mol. The quantitative estimate of drug-likeness (QED) is 0.829. The Morgan fingerprint density at radius 2 is 1.70 bits per heavy atom. The number of methoxy groups -OCH3 is 1. The predicted octanol–water partition coefficient (Wildman–Crippen LogP) is 0.714. The molecular formula is C16H21N3O4. The maximum Gasteiger partial charge on any atom is 0.233 e. The van der Waals surface area contributed by atoms with Crippen LogP contribution in [-0.2, 0) is 14.4 Å². The third-order valence-corrected chi connectivity index (χ3v) is 3.77. The minimum atomic E-state index is -0.381. The summed E-state index contributed by atoms with van der Waals surface area (Å²) in [5.41, 5.74) is 0.536. The van der Waals surface area contributed by atoms with E-state index in [-0.39, 0.29) is 24.1 Å². The number of hydrogen-bond acceptors (Lipinski definition) is 4. The van der Waals surface area contributed by atoms with Gasteiger partial charge in [0.25, 0.3) is 0 Å². The van der Waals surface area contributed by atoms with E-state index in [0.29, 0.717) is 37.6 Å². The van der Waals surface area contributed by atoms with Crippen LogP contribution in [0.4, 0.5) is 5.69 Å². The summed E-state index contributed by atoms with van der Waals surface area (Å²) < 4.78 is 5.15. The van der Waals surface area contributed by atoms with Crippen LogP contribution in [0.1, 0.15) is 13.3 Å². The third kappa shape index (κ3) is 4.45. The fourth-order valence-corrected chi connectivity index (χ4v) is 2.46. The molecule has 1 aliphatic heterocycles. The van der Waals surface area contributed by atoms with Crippen molar-refractivity contribution in [2.75, 3.05) is 38.6 Å². The zero-order valence-electron chi connectivity index (χ0n) is 13.4. The molecule has 0 saturated carbocycles. The molecule has 1 saturated heterocycles. The van der Waals surface area contributed by atoms with E-state index in [1.807, 2.05) is 0 Å². The van der Waals surface area contributed by atoms with Gasteiger partial charge in [0, 0.05) is 33.1 Å². The molecule has 1 N–H and O–H groups in total. The smallest absolute Gasteiger partial charge is 0.233 e. The lowest BCUT2D eigenvalue weighted by molar-refractivity contribution is -0.140. The molecule has 23 heavy (non-hydrogen) atoms. The average Bonchev–Trinajstić information content (AvgIpc) is 2.55. The molecule has 0 unspecified atom stereocenters. The highest BCUT2D eigenvalue weighted by Crippen LogP contribution is 2.23. The summed E-state index contributed by atoms with van der Waals surface area (Å²) in [7, 11) is 1.52. The molecule has 2 rings (SSSR count). The fraction of sp³-hybridized carbons (Fsp3) is 0.438. The summed E-state index contributed by atoms with van der Waals surface area (Å²) in [6, 6.07) is 7.03. The number of rotatable bonds is 4. The lowest BCUT2D eigenvalue weighted by Crippen LogP contribution is -2.50. The number of piperazine rings is 1. The number of ether oxygens (including phenoxy) is 1. The Labute approximate surface area is 135 Å². The van der Waals surface area contributed by atoms with Gasteiger partial charge in [0.1, 0.15) is 12.2 Å². The lowest BCUT2D eigenvalue weighted by atomic mass is 10.2. The van der Waals surface area contributed by atoms with E-state index in [4.69, 9.17) is 4.74 Å². The number of para-hydroxylation sites is 2. The van der Waals surface area contributed by atoms with Crippen molar-refractivity contribution in [3.8, 4) is 5.75 Å². The number of hydrogen-bond donors (Lipinski definition) is 1. The molecule has 0 spiro atoms. The Morgan fingerprint density at radius 3 is 2.30 bits per heavy atom. The van der Waals surface area contributed by atoms with Crippen LogP contribution >= 0.6 is 0 Å². The summed E-state index contributed by atoms with van der Waals surface area (Å²) in [4.78, 5) is 38.8. The van der Waals surface area contributed by atoms with E-state index < -0.39 is 0 Å². The summed E-state index contributed by atoms with van der Waals surface area (Å²) in [6.45, 7) is 3.45. The number of nitrogens with zero attached hydrogens (tertiary/aromatic N) is 2. The Hall–Kier alpha value is -2.57. The second kappa shape index (κ2) is 7.62. The first-order valence-electron chi connectivity index (χ1n) is 7.47. The molecule has 0 radical (unpaired) electrons. The summed E-state index contributed by atoms with van der Waals surface area (Å²) in [6.07, 6.45) is -0.224. The van der Waals surface area contributed by atoms with Gasteiger partial charge in [-0.05, 0) is 12.1 Å². The standard InChI is InChI=1S/C16H21N3O4/c1-12(20)18-7-9-19(10-8-18)16(22)11-15(21)17-13-5-3-4-6-14(13)23-2/h3-6H,7-11H2,1-2H3,(H,17,21). The molecule has 0 aromatic heterocycles. The van der Waals surface area contributed by atoms with Crippen LogP contribution in [0.5, 0.6) is 5.75 Å². The highest BCUT2D eigenvalue weighted by Gasteiger charge is 2.24. The molecule has 0 atom stereocenters. The maximum atomic E-state index is 12.2. The molecule has 0 bridgehead atoms. The molecule has 1 heterocycles. The largest absolute Gasteiger partial charge is 0.495 e. The topological polar surface area (TPSA) is 79.0 Å². The van der Waals surface area contributed by atoms with Gasteiger partial charge in [0.2, 0.25) is 17.7 Å². The number of carbonyl (C=O) groups excluding carboxylic acids is 3. The van der Waals surface area contributed by atoms with Gasteiger partial charge in [-0.15, -0.1) is 0 Å². The van der Waals surface area contributed by atoms with Crippen molar-refractivity contribution in [1.82, 2.24) is 9.80 Å². The van der Waals surface area contributed by atoms with E-state index in [9.17, 15) is 14.4 Å². The molecule has 1 aromatic carbocycles. The first-order valence-corrected chi connectivity index (χ1v) is 7.47. The van der Waals surface area contributed by atoms with Crippen LogP contribution in [0.15, 0.2) is 24.3 Å². The second-order valence-corrected chi connectivity index (χ2v) is 5.31. The van der Waals surface area contributed by atoms with Gasteiger partial charge in [-0.2, -0.15) is 0 Å². The van der Waals surface area contributed by atoms with Crippen LogP contribution in [0.2, 0.25) is 0 Å². The minimum absolute atomic E-state index is 0.00557. The third-order valence-electron chi connectivity index (χ3n) is 3.77. The van der Waals surface area contributed by atoms with Gasteiger partial charge < -0.3 is 19.9 Å². The van der Waals surface area contributed by atoms with E-state index in [1.165, 1.54) is 14.0 Å². The SMILES string of the molecule is COc1ccccc1NC(=O)CC(=O)N1CCN(C(C)=O)CC1. The Balaban J connectivity index is 1.86. The van der Waals surface area contributed by atoms with Crippen LogP contribution in [0.3, 0.4) is 0 Å². The van der Waals surface area contributed by atoms with E-state index in [2.05, 4.69) is 5.32 Å². The van der Waals surface area contributed by atoms with E-state index in [1.54, 1.807) is 34.1 Å². The van der Waals surface area contributed by atoms with E-state index >= 15 is 0 Å². The summed E-state index contributed by atoms with van der Waals surface area (Å²) in [5.74, 6) is -0.0662. The molecule has 1 aromatic rings. The highest BCUT2D eigenvalue weighted by atomic mass is 16.5. The Bertz CT molecular complexity index is 595. The Kier molecular flexibility index (Phi) is 5.56. The van der Waals surface area contributed by atoms with Crippen molar-refractivity contribution >= 4 is 23.4 Å². The van der Waals surface area contributed by atoms with Crippen LogP contribution < -0.4 is 10.1 Å². The molecule has 7 heteroatoms. The monoisotopic (exact) mass is 319 g/mol. The normalized spacial score (nSPS) is 14.3. The van der Waals surface area contributed by atoms with Gasteiger partial charge in [-0.3, -0.25) is 14.4 Å². The maximum absolute atomic E-state index is 12.2. The molecule has 0 aliphatic carbocycles. The molecular weight excluding hydrogens is 298 g/mol. The molecule has 124 valence electrons. The molecule has 1 fully saturated rings. The molecule has 1 aliphatic rings. The molecule has 3 amide bonds. The number of benzene rings is 1. The van der Waals surface area contributed by atoms with Gasteiger partial charge in [0.05, 0.1) is 12.8 Å². The van der Waals surface area contributed by atoms with Gasteiger partial charge in [-0.1, -0.05) is 12.1 Å². The van der Waals surface area contributed by atoms with E-state index in [0.717, 1.165) is 0 Å². The number of nitrogens with one attached hydrogen (secondary N) is 1. The van der Waals surface area contributed by atoms with Crippen molar-refractivity contribution in [3.63, 3.8) is 0 Å². The van der Waals surface area contributed by atoms with Gasteiger partial charge in [0.15, 0.2) is 0 Å². The van der Waals surface area contributed by atoms with Crippen molar-refractivity contribution in [1.29, 1.82) is 0 Å². The highest BCUT2D eigenvalue weighted by molar-refractivity contribution is 6.04. The summed E-state index contributed by atoms with van der Waals surface area (Å²) >= 11 is 0. The van der Waals surface area contributed by atoms with Crippen molar-refractivity contribution < 1.29 is 19.1 Å². The number of anilines is 1. The predicted molar refractivity (Wildman–Crippen MR) is 85.1 cm³/mol. The first-order chi connectivity index (χ1) is 11.0.